The molecule has 2 rings (SSSR count). The quantitative estimate of drug-likeness (QED) is 0.689. The molecular formula is C17H18Cl2N2O3. The highest BCUT2D eigenvalue weighted by Gasteiger charge is 2.05. The van der Waals surface area contributed by atoms with Crippen molar-refractivity contribution >= 4 is 40.5 Å². The predicted molar refractivity (Wildman–Crippen MR) is 97.4 cm³/mol. The lowest BCUT2D eigenvalue weighted by Crippen LogP contribution is -2.21. The van der Waals surface area contributed by atoms with Crippen LogP contribution in [0.3, 0.4) is 0 Å². The van der Waals surface area contributed by atoms with Crippen LogP contribution < -0.4 is 15.4 Å². The van der Waals surface area contributed by atoms with Crippen LogP contribution in [0.15, 0.2) is 42.5 Å². The van der Waals surface area contributed by atoms with E-state index in [0.717, 1.165) is 11.4 Å². The van der Waals surface area contributed by atoms with Gasteiger partial charge in [0.05, 0.1) is 23.2 Å². The van der Waals surface area contributed by atoms with Crippen molar-refractivity contribution < 1.29 is 14.3 Å². The molecule has 0 atom stereocenters. The van der Waals surface area contributed by atoms with Crippen LogP contribution in [0.25, 0.3) is 0 Å². The molecule has 0 saturated carbocycles. The van der Waals surface area contributed by atoms with Crippen molar-refractivity contribution in [2.24, 2.45) is 0 Å². The van der Waals surface area contributed by atoms with Crippen LogP contribution in [0.4, 0.5) is 11.4 Å². The van der Waals surface area contributed by atoms with E-state index in [1.54, 1.807) is 25.3 Å². The zero-order chi connectivity index (χ0) is 17.4. The van der Waals surface area contributed by atoms with Crippen molar-refractivity contribution in [1.82, 2.24) is 0 Å². The molecule has 0 heterocycles. The van der Waals surface area contributed by atoms with Crippen LogP contribution in [-0.4, -0.2) is 32.8 Å². The molecule has 0 aromatic heterocycles. The third kappa shape index (κ3) is 5.92. The molecule has 1 amide bonds. The lowest BCUT2D eigenvalue weighted by Gasteiger charge is -2.10. The van der Waals surface area contributed by atoms with Crippen LogP contribution in [0.1, 0.15) is 0 Å². The number of nitrogens with one attached hydrogen (secondary N) is 2. The summed E-state index contributed by atoms with van der Waals surface area (Å²) in [6, 6.07) is 12.3. The Hall–Kier alpha value is -1.95. The van der Waals surface area contributed by atoms with Crippen molar-refractivity contribution in [2.75, 3.05) is 37.5 Å². The first-order valence-corrected chi connectivity index (χ1v) is 8.04. The Labute approximate surface area is 150 Å². The molecule has 0 spiro atoms. The number of carbonyl (C=O) groups is 1. The number of amides is 1. The van der Waals surface area contributed by atoms with Gasteiger partial charge in [0.2, 0.25) is 5.91 Å². The first-order chi connectivity index (χ1) is 11.6. The average molecular weight is 369 g/mol. The molecule has 0 unspecified atom stereocenters. The summed E-state index contributed by atoms with van der Waals surface area (Å²) in [5.41, 5.74) is 1.41. The average Bonchev–Trinajstić information content (AvgIpc) is 2.58. The number of ether oxygens (including phenoxy) is 2. The third-order valence-corrected chi connectivity index (χ3v) is 3.81. The first kappa shape index (κ1) is 18.4. The summed E-state index contributed by atoms with van der Waals surface area (Å²) in [5, 5.41) is 6.62. The van der Waals surface area contributed by atoms with E-state index in [1.807, 2.05) is 24.3 Å². The lowest BCUT2D eigenvalue weighted by atomic mass is 10.3. The van der Waals surface area contributed by atoms with Crippen LogP contribution in [0.5, 0.6) is 5.75 Å². The van der Waals surface area contributed by atoms with Gasteiger partial charge in [0.25, 0.3) is 0 Å². The molecule has 0 aliphatic heterocycles. The maximum atomic E-state index is 11.9. The number of carbonyl (C=O) groups excluding carboxylic acids is 1. The summed E-state index contributed by atoms with van der Waals surface area (Å²) in [4.78, 5) is 11.9. The van der Waals surface area contributed by atoms with E-state index in [0.29, 0.717) is 28.9 Å². The van der Waals surface area contributed by atoms with Crippen LogP contribution in [0.2, 0.25) is 10.0 Å². The summed E-state index contributed by atoms with van der Waals surface area (Å²) in [6.07, 6.45) is 0. The number of anilines is 2. The summed E-state index contributed by atoms with van der Waals surface area (Å²) in [7, 11) is 1.62. The number of methoxy groups -OCH3 is 1. The molecule has 0 aliphatic carbocycles. The van der Waals surface area contributed by atoms with E-state index in [4.69, 9.17) is 32.7 Å². The lowest BCUT2D eigenvalue weighted by molar-refractivity contribution is -0.114. The van der Waals surface area contributed by atoms with Gasteiger partial charge in [-0.1, -0.05) is 23.2 Å². The second-order valence-electron chi connectivity index (χ2n) is 4.90. The van der Waals surface area contributed by atoms with E-state index in [9.17, 15) is 4.79 Å². The molecule has 0 saturated heterocycles. The van der Waals surface area contributed by atoms with Gasteiger partial charge < -0.3 is 20.1 Å². The first-order valence-electron chi connectivity index (χ1n) is 7.29. The maximum absolute atomic E-state index is 11.9. The smallest absolute Gasteiger partial charge is 0.243 e. The monoisotopic (exact) mass is 368 g/mol. The van der Waals surface area contributed by atoms with Crippen LogP contribution in [-0.2, 0) is 9.53 Å². The maximum Gasteiger partial charge on any atom is 0.243 e. The van der Waals surface area contributed by atoms with E-state index >= 15 is 0 Å². The minimum atomic E-state index is -0.186. The van der Waals surface area contributed by atoms with Gasteiger partial charge in [0, 0.05) is 18.5 Å². The molecule has 5 nitrogen and oxygen atoms in total. The Morgan fingerprint density at radius 1 is 1.00 bits per heavy atom. The largest absolute Gasteiger partial charge is 0.491 e. The van der Waals surface area contributed by atoms with Gasteiger partial charge in [-0.05, 0) is 42.5 Å². The van der Waals surface area contributed by atoms with E-state index in [-0.39, 0.29) is 12.5 Å². The van der Waals surface area contributed by atoms with Gasteiger partial charge in [0.1, 0.15) is 12.4 Å². The zero-order valence-electron chi connectivity index (χ0n) is 13.1. The van der Waals surface area contributed by atoms with Gasteiger partial charge in [-0.15, -0.1) is 0 Å². The third-order valence-electron chi connectivity index (χ3n) is 3.07. The topological polar surface area (TPSA) is 59.6 Å². The fourth-order valence-corrected chi connectivity index (χ4v) is 2.17. The van der Waals surface area contributed by atoms with E-state index in [1.165, 1.54) is 0 Å². The molecule has 0 aliphatic rings. The Morgan fingerprint density at radius 2 is 1.71 bits per heavy atom. The summed E-state index contributed by atoms with van der Waals surface area (Å²) < 4.78 is 10.4. The molecule has 2 aromatic carbocycles. The fraction of sp³-hybridized carbons (Fsp3) is 0.235. The Kier molecular flexibility index (Phi) is 7.18. The normalized spacial score (nSPS) is 10.3. The Bertz CT molecular complexity index is 678. The molecule has 0 fully saturated rings. The van der Waals surface area contributed by atoms with E-state index in [2.05, 4.69) is 10.6 Å². The Balaban J connectivity index is 1.79. The van der Waals surface area contributed by atoms with Gasteiger partial charge in [-0.2, -0.15) is 0 Å². The molecule has 2 aromatic rings. The van der Waals surface area contributed by atoms with Gasteiger partial charge in [-0.25, -0.2) is 0 Å². The minimum absolute atomic E-state index is 0.129. The minimum Gasteiger partial charge on any atom is -0.491 e. The summed E-state index contributed by atoms with van der Waals surface area (Å²) >= 11 is 11.7. The molecule has 2 N–H and O–H groups in total. The highest BCUT2D eigenvalue weighted by Crippen LogP contribution is 2.25. The predicted octanol–water partition coefficient (Wildman–Crippen LogP) is 4.07. The number of rotatable bonds is 8. The van der Waals surface area contributed by atoms with Crippen LogP contribution in [0, 0.1) is 0 Å². The second kappa shape index (κ2) is 9.37. The SMILES string of the molecule is COCCOc1ccc(NCC(=O)Nc2ccc(Cl)c(Cl)c2)cc1. The van der Waals surface area contributed by atoms with Crippen molar-refractivity contribution in [1.29, 1.82) is 0 Å². The van der Waals surface area contributed by atoms with E-state index < -0.39 is 0 Å². The van der Waals surface area contributed by atoms with Crippen molar-refractivity contribution in [3.05, 3.63) is 52.5 Å². The van der Waals surface area contributed by atoms with Gasteiger partial charge in [-0.3, -0.25) is 4.79 Å². The molecular weight excluding hydrogens is 351 g/mol. The van der Waals surface area contributed by atoms with Crippen molar-refractivity contribution in [2.45, 2.75) is 0 Å². The number of hydrogen-bond acceptors (Lipinski definition) is 4. The standard InChI is InChI=1S/C17H18Cl2N2O3/c1-23-8-9-24-14-5-2-12(3-6-14)20-11-17(22)21-13-4-7-15(18)16(19)10-13/h2-7,10,20H,8-9,11H2,1H3,(H,21,22). The highest BCUT2D eigenvalue weighted by atomic mass is 35.5. The number of halogens is 2. The molecule has 24 heavy (non-hydrogen) atoms. The highest BCUT2D eigenvalue weighted by molar-refractivity contribution is 6.42. The molecule has 128 valence electrons. The molecule has 0 radical (unpaired) electrons. The molecule has 0 bridgehead atoms. The number of hydrogen-bond donors (Lipinski definition) is 2. The molecule has 7 heteroatoms. The number of benzene rings is 2. The van der Waals surface area contributed by atoms with Crippen molar-refractivity contribution in [3.63, 3.8) is 0 Å². The summed E-state index contributed by atoms with van der Waals surface area (Å²) in [5.74, 6) is 0.562. The summed E-state index contributed by atoms with van der Waals surface area (Å²) in [6.45, 7) is 1.16. The van der Waals surface area contributed by atoms with Gasteiger partial charge >= 0.3 is 0 Å². The zero-order valence-corrected chi connectivity index (χ0v) is 14.7. The van der Waals surface area contributed by atoms with Gasteiger partial charge in [0.15, 0.2) is 0 Å². The Morgan fingerprint density at radius 3 is 2.38 bits per heavy atom. The second-order valence-corrected chi connectivity index (χ2v) is 5.71. The fourth-order valence-electron chi connectivity index (χ4n) is 1.87. The van der Waals surface area contributed by atoms with Crippen molar-refractivity contribution in [3.8, 4) is 5.75 Å². The van der Waals surface area contributed by atoms with Crippen LogP contribution >= 0.6 is 23.2 Å².